The Morgan fingerprint density at radius 2 is 2.15 bits per heavy atom. The van der Waals surface area contributed by atoms with Crippen LogP contribution in [0.3, 0.4) is 0 Å². The van der Waals surface area contributed by atoms with Crippen molar-refractivity contribution in [1.82, 2.24) is 14.5 Å². The Hall–Kier alpha value is -1.93. The van der Waals surface area contributed by atoms with Gasteiger partial charge < -0.3 is 25.9 Å². The van der Waals surface area contributed by atoms with E-state index in [-0.39, 0.29) is 35.5 Å². The van der Waals surface area contributed by atoms with Crippen molar-refractivity contribution in [2.24, 2.45) is 0 Å². The van der Waals surface area contributed by atoms with E-state index in [1.165, 1.54) is 10.8 Å². The highest BCUT2D eigenvalue weighted by Gasteiger charge is 2.20. The third kappa shape index (κ3) is 2.52. The van der Waals surface area contributed by atoms with Crippen molar-refractivity contribution in [3.05, 3.63) is 12.0 Å². The van der Waals surface area contributed by atoms with Gasteiger partial charge in [0.2, 0.25) is 5.95 Å². The Bertz CT molecular complexity index is 611. The number of aliphatic hydroxyl groups is 1. The molecular formula is C12H18FN5O2. The lowest BCUT2D eigenvalue weighted by Gasteiger charge is -2.21. The number of halogens is 1. The summed E-state index contributed by atoms with van der Waals surface area (Å²) in [6, 6.07) is 0. The first-order valence-corrected chi connectivity index (χ1v) is 6.33. The largest absolute Gasteiger partial charge is 0.394 e. The summed E-state index contributed by atoms with van der Waals surface area (Å²) >= 11 is 0. The van der Waals surface area contributed by atoms with Crippen molar-refractivity contribution in [2.45, 2.75) is 32.6 Å². The van der Waals surface area contributed by atoms with Crippen LogP contribution in [0.25, 0.3) is 11.0 Å². The first kappa shape index (κ1) is 14.5. The van der Waals surface area contributed by atoms with Crippen LogP contribution >= 0.6 is 0 Å². The molecule has 2 atom stereocenters. The monoisotopic (exact) mass is 283 g/mol. The molecule has 0 saturated carbocycles. The number of nitrogens with zero attached hydrogens (tertiary/aromatic N) is 3. The smallest absolute Gasteiger partial charge is 0.223 e. The van der Waals surface area contributed by atoms with Crippen LogP contribution in [0.4, 0.5) is 16.2 Å². The molecule has 0 aliphatic rings. The van der Waals surface area contributed by atoms with E-state index in [1.807, 2.05) is 6.92 Å². The minimum Gasteiger partial charge on any atom is -0.394 e. The minimum absolute atomic E-state index is 0.00912. The van der Waals surface area contributed by atoms with E-state index in [1.54, 1.807) is 6.92 Å². The first-order valence-electron chi connectivity index (χ1n) is 6.33. The van der Waals surface area contributed by atoms with Crippen molar-refractivity contribution in [2.75, 3.05) is 18.1 Å². The summed E-state index contributed by atoms with van der Waals surface area (Å²) in [6.07, 6.45) is 1.03. The van der Waals surface area contributed by atoms with E-state index >= 15 is 0 Å². The van der Waals surface area contributed by atoms with Crippen molar-refractivity contribution in [1.29, 1.82) is 0 Å². The second kappa shape index (κ2) is 5.59. The van der Waals surface area contributed by atoms with Crippen molar-refractivity contribution in [3.8, 4) is 0 Å². The Labute approximate surface area is 115 Å². The van der Waals surface area contributed by atoms with Gasteiger partial charge >= 0.3 is 0 Å². The van der Waals surface area contributed by atoms with Gasteiger partial charge in [0.15, 0.2) is 11.5 Å². The number of aliphatic hydroxyl groups excluding tert-OH is 1. The SMILES string of the molecule is CC[C@@H](CO)O[C@H](C)n1cc(F)c2c(N)nc(N)nc21. The molecule has 2 rings (SSSR count). The first-order chi connectivity index (χ1) is 9.47. The molecule has 0 amide bonds. The molecule has 0 saturated heterocycles. The molecule has 0 spiro atoms. The van der Waals surface area contributed by atoms with Gasteiger partial charge in [0, 0.05) is 6.20 Å². The number of rotatable bonds is 5. The highest BCUT2D eigenvalue weighted by atomic mass is 19.1. The summed E-state index contributed by atoms with van der Waals surface area (Å²) in [5.41, 5.74) is 11.5. The van der Waals surface area contributed by atoms with E-state index < -0.39 is 12.0 Å². The van der Waals surface area contributed by atoms with Gasteiger partial charge in [0.05, 0.1) is 18.1 Å². The minimum atomic E-state index is -0.537. The molecule has 5 N–H and O–H groups in total. The molecule has 2 aromatic rings. The molecule has 0 radical (unpaired) electrons. The lowest BCUT2D eigenvalue weighted by atomic mass is 10.3. The number of nitrogen functional groups attached to an aromatic ring is 2. The van der Waals surface area contributed by atoms with Crippen LogP contribution in [-0.4, -0.2) is 32.4 Å². The predicted octanol–water partition coefficient (Wildman–Crippen LogP) is 1.04. The van der Waals surface area contributed by atoms with Crippen LogP contribution in [0, 0.1) is 5.82 Å². The van der Waals surface area contributed by atoms with Gasteiger partial charge in [-0.05, 0) is 13.3 Å². The maximum Gasteiger partial charge on any atom is 0.223 e. The van der Waals surface area contributed by atoms with Crippen molar-refractivity contribution < 1.29 is 14.2 Å². The third-order valence-electron chi connectivity index (χ3n) is 3.11. The van der Waals surface area contributed by atoms with Gasteiger partial charge in [0.1, 0.15) is 12.0 Å². The summed E-state index contributed by atoms with van der Waals surface area (Å²) in [7, 11) is 0. The van der Waals surface area contributed by atoms with Gasteiger partial charge in [-0.3, -0.25) is 0 Å². The zero-order valence-electron chi connectivity index (χ0n) is 11.4. The zero-order chi connectivity index (χ0) is 14.9. The lowest BCUT2D eigenvalue weighted by molar-refractivity contribution is -0.0646. The number of aromatic nitrogens is 3. The Kier molecular flexibility index (Phi) is 4.05. The van der Waals surface area contributed by atoms with E-state index in [2.05, 4.69) is 9.97 Å². The standard InChI is InChI=1S/C12H18FN5O2/c1-3-7(5-19)20-6(2)18-4-8(13)9-10(14)16-12(15)17-11(9)18/h4,6-7,19H,3,5H2,1-2H3,(H4,14,15,16,17)/t6-,7+/m1/s1. The molecule has 0 unspecified atom stereocenters. The summed E-state index contributed by atoms with van der Waals surface area (Å²) in [4.78, 5) is 7.74. The summed E-state index contributed by atoms with van der Waals surface area (Å²) < 4.78 is 21.1. The molecule has 2 aromatic heterocycles. The fourth-order valence-electron chi connectivity index (χ4n) is 2.04. The summed E-state index contributed by atoms with van der Waals surface area (Å²) in [5, 5.41) is 9.27. The van der Waals surface area contributed by atoms with Gasteiger partial charge in [-0.25, -0.2) is 4.39 Å². The fraction of sp³-hybridized carbons (Fsp3) is 0.500. The maximum atomic E-state index is 13.9. The van der Waals surface area contributed by atoms with Gasteiger partial charge in [-0.2, -0.15) is 9.97 Å². The van der Waals surface area contributed by atoms with E-state index in [0.717, 1.165) is 0 Å². The quantitative estimate of drug-likeness (QED) is 0.755. The van der Waals surface area contributed by atoms with Crippen LogP contribution in [-0.2, 0) is 4.74 Å². The summed E-state index contributed by atoms with van der Waals surface area (Å²) in [5.74, 6) is -0.578. The molecule has 8 heteroatoms. The highest BCUT2D eigenvalue weighted by Crippen LogP contribution is 2.27. The normalized spacial score (nSPS) is 14.6. The highest BCUT2D eigenvalue weighted by molar-refractivity contribution is 5.88. The molecule has 110 valence electrons. The van der Waals surface area contributed by atoms with Crippen molar-refractivity contribution >= 4 is 22.8 Å². The van der Waals surface area contributed by atoms with Gasteiger partial charge in [-0.1, -0.05) is 6.92 Å². The topological polar surface area (TPSA) is 112 Å². The van der Waals surface area contributed by atoms with Gasteiger partial charge in [0.25, 0.3) is 0 Å². The Morgan fingerprint density at radius 1 is 1.45 bits per heavy atom. The van der Waals surface area contributed by atoms with E-state index in [0.29, 0.717) is 6.42 Å². The lowest BCUT2D eigenvalue weighted by Crippen LogP contribution is -2.21. The number of ether oxygens (including phenoxy) is 1. The molecular weight excluding hydrogens is 265 g/mol. The molecule has 20 heavy (non-hydrogen) atoms. The predicted molar refractivity (Wildman–Crippen MR) is 73.3 cm³/mol. The van der Waals surface area contributed by atoms with Crippen LogP contribution in [0.2, 0.25) is 0 Å². The number of anilines is 2. The molecule has 0 bridgehead atoms. The maximum absolute atomic E-state index is 13.9. The molecule has 0 aliphatic carbocycles. The Morgan fingerprint density at radius 3 is 2.75 bits per heavy atom. The van der Waals surface area contributed by atoms with Crippen LogP contribution in [0.1, 0.15) is 26.5 Å². The fourth-order valence-corrected chi connectivity index (χ4v) is 2.04. The third-order valence-corrected chi connectivity index (χ3v) is 3.11. The van der Waals surface area contributed by atoms with Gasteiger partial charge in [-0.15, -0.1) is 0 Å². The number of hydrogen-bond acceptors (Lipinski definition) is 6. The molecule has 0 fully saturated rings. The van der Waals surface area contributed by atoms with Crippen LogP contribution < -0.4 is 11.5 Å². The Balaban J connectivity index is 2.44. The van der Waals surface area contributed by atoms with Crippen LogP contribution in [0.15, 0.2) is 6.20 Å². The summed E-state index contributed by atoms with van der Waals surface area (Å²) in [6.45, 7) is 3.51. The van der Waals surface area contributed by atoms with E-state index in [4.69, 9.17) is 21.3 Å². The number of fused-ring (bicyclic) bond motifs is 1. The average Bonchev–Trinajstić information content (AvgIpc) is 2.73. The second-order valence-corrected chi connectivity index (χ2v) is 4.50. The zero-order valence-corrected chi connectivity index (χ0v) is 11.4. The van der Waals surface area contributed by atoms with E-state index in [9.17, 15) is 4.39 Å². The molecule has 2 heterocycles. The molecule has 0 aliphatic heterocycles. The number of nitrogens with two attached hydrogens (primary N) is 2. The van der Waals surface area contributed by atoms with Crippen molar-refractivity contribution in [3.63, 3.8) is 0 Å². The average molecular weight is 283 g/mol. The van der Waals surface area contributed by atoms with Crippen LogP contribution in [0.5, 0.6) is 0 Å². The molecule has 0 aromatic carbocycles. The second-order valence-electron chi connectivity index (χ2n) is 4.50. The number of hydrogen-bond donors (Lipinski definition) is 3. The molecule has 7 nitrogen and oxygen atoms in total.